The molecule has 0 spiro atoms. The lowest BCUT2D eigenvalue weighted by atomic mass is 9.83. The molecule has 10 aromatic rings. The minimum atomic E-state index is 1.21. The second kappa shape index (κ2) is 13.5. The molecule has 10 rings (SSSR count). The summed E-state index contributed by atoms with van der Waals surface area (Å²) >= 11 is 0. The molecule has 0 aliphatic carbocycles. The third kappa shape index (κ3) is 5.57. The molecule has 10 aromatic carbocycles. The Hall–Kier alpha value is -7.02. The first-order valence-corrected chi connectivity index (χ1v) is 18.7. The average Bonchev–Trinajstić information content (AvgIpc) is 3.26. The standard InChI is InChI=1S/C54H36/c1-2-14-37(15-3-1)38-28-32-41(33-29-38)46-21-6-7-22-48(46)54-51-25-10-8-23-49(51)53(50-24-9-11-26-52(50)54)42-34-30-39(31-35-42)43-18-12-19-44(36-43)47-27-13-17-40-16-4-5-20-45(40)47/h1-36H. The van der Waals surface area contributed by atoms with Crippen molar-refractivity contribution in [1.82, 2.24) is 0 Å². The van der Waals surface area contributed by atoms with E-state index in [-0.39, 0.29) is 0 Å². The summed E-state index contributed by atoms with van der Waals surface area (Å²) < 4.78 is 0. The Balaban J connectivity index is 1.08. The van der Waals surface area contributed by atoms with E-state index in [9.17, 15) is 0 Å². The Kier molecular flexibility index (Phi) is 7.93. The third-order valence-corrected chi connectivity index (χ3v) is 10.9. The van der Waals surface area contributed by atoms with Crippen LogP contribution >= 0.6 is 0 Å². The fourth-order valence-electron chi connectivity index (χ4n) is 8.33. The fraction of sp³-hybridized carbons (Fsp3) is 0. The van der Waals surface area contributed by atoms with E-state index < -0.39 is 0 Å². The Morgan fingerprint density at radius 3 is 1.28 bits per heavy atom. The van der Waals surface area contributed by atoms with Gasteiger partial charge < -0.3 is 0 Å². The van der Waals surface area contributed by atoms with E-state index in [1.54, 1.807) is 0 Å². The van der Waals surface area contributed by atoms with Crippen molar-refractivity contribution in [1.29, 1.82) is 0 Å². The summed E-state index contributed by atoms with van der Waals surface area (Å²) in [6, 6.07) is 79.6. The van der Waals surface area contributed by atoms with Gasteiger partial charge in [0.05, 0.1) is 0 Å². The maximum atomic E-state index is 2.32. The van der Waals surface area contributed by atoms with Gasteiger partial charge in [-0.05, 0) is 105 Å². The second-order valence-corrected chi connectivity index (χ2v) is 14.0. The van der Waals surface area contributed by atoms with Crippen molar-refractivity contribution in [2.45, 2.75) is 0 Å². The average molecular weight is 685 g/mol. The number of hydrogen-bond acceptors (Lipinski definition) is 0. The van der Waals surface area contributed by atoms with Crippen molar-refractivity contribution < 1.29 is 0 Å². The molecule has 0 bridgehead atoms. The minimum absolute atomic E-state index is 1.21. The molecule has 0 heterocycles. The highest BCUT2D eigenvalue weighted by atomic mass is 14.2. The van der Waals surface area contributed by atoms with Gasteiger partial charge in [-0.2, -0.15) is 0 Å². The molecule has 0 radical (unpaired) electrons. The summed E-state index contributed by atoms with van der Waals surface area (Å²) in [4.78, 5) is 0. The molecule has 252 valence electrons. The van der Waals surface area contributed by atoms with Crippen molar-refractivity contribution >= 4 is 32.3 Å². The van der Waals surface area contributed by atoms with Gasteiger partial charge in [-0.1, -0.05) is 212 Å². The molecule has 0 aromatic heterocycles. The predicted octanol–water partition coefficient (Wildman–Crippen LogP) is 15.1. The molecule has 0 N–H and O–H groups in total. The van der Waals surface area contributed by atoms with Crippen molar-refractivity contribution in [3.05, 3.63) is 218 Å². The van der Waals surface area contributed by atoms with Crippen molar-refractivity contribution in [2.75, 3.05) is 0 Å². The van der Waals surface area contributed by atoms with Crippen molar-refractivity contribution in [3.8, 4) is 66.8 Å². The van der Waals surface area contributed by atoms with Gasteiger partial charge in [0.15, 0.2) is 0 Å². The first-order chi connectivity index (χ1) is 26.8. The zero-order valence-corrected chi connectivity index (χ0v) is 29.8. The number of rotatable bonds is 6. The van der Waals surface area contributed by atoms with Crippen LogP contribution in [0.4, 0.5) is 0 Å². The van der Waals surface area contributed by atoms with Gasteiger partial charge in [-0.3, -0.25) is 0 Å². The van der Waals surface area contributed by atoms with Crippen LogP contribution in [0.3, 0.4) is 0 Å². The lowest BCUT2D eigenvalue weighted by Crippen LogP contribution is -1.93. The second-order valence-electron chi connectivity index (χ2n) is 14.0. The molecule has 0 amide bonds. The van der Waals surface area contributed by atoms with E-state index in [0.29, 0.717) is 0 Å². The molecule has 0 saturated carbocycles. The highest BCUT2D eigenvalue weighted by Gasteiger charge is 2.19. The first kappa shape index (κ1) is 31.7. The first-order valence-electron chi connectivity index (χ1n) is 18.7. The molecular weight excluding hydrogens is 649 g/mol. The monoisotopic (exact) mass is 684 g/mol. The van der Waals surface area contributed by atoms with Gasteiger partial charge >= 0.3 is 0 Å². The molecule has 0 aliphatic heterocycles. The van der Waals surface area contributed by atoms with E-state index in [4.69, 9.17) is 0 Å². The summed E-state index contributed by atoms with van der Waals surface area (Å²) in [6.07, 6.45) is 0. The van der Waals surface area contributed by atoms with Crippen LogP contribution in [0.1, 0.15) is 0 Å². The molecule has 0 unspecified atom stereocenters. The van der Waals surface area contributed by atoms with Gasteiger partial charge in [0, 0.05) is 0 Å². The molecule has 0 aliphatic rings. The van der Waals surface area contributed by atoms with Gasteiger partial charge in [0.1, 0.15) is 0 Å². The number of hydrogen-bond donors (Lipinski definition) is 0. The van der Waals surface area contributed by atoms with Crippen molar-refractivity contribution in [2.24, 2.45) is 0 Å². The van der Waals surface area contributed by atoms with Crippen molar-refractivity contribution in [3.63, 3.8) is 0 Å². The number of fused-ring (bicyclic) bond motifs is 3. The summed E-state index contributed by atoms with van der Waals surface area (Å²) in [6.45, 7) is 0. The van der Waals surface area contributed by atoms with Crippen LogP contribution in [0.5, 0.6) is 0 Å². The van der Waals surface area contributed by atoms with Gasteiger partial charge in [-0.15, -0.1) is 0 Å². The summed E-state index contributed by atoms with van der Waals surface area (Å²) in [5.74, 6) is 0. The lowest BCUT2D eigenvalue weighted by molar-refractivity contribution is 1.58. The van der Waals surface area contributed by atoms with E-state index in [2.05, 4.69) is 218 Å². The molecule has 0 heteroatoms. The van der Waals surface area contributed by atoms with Crippen LogP contribution in [0.25, 0.3) is 99.1 Å². The largest absolute Gasteiger partial charge is 0.0622 e. The van der Waals surface area contributed by atoms with Crippen LogP contribution < -0.4 is 0 Å². The molecule has 0 nitrogen and oxygen atoms in total. The summed E-state index contributed by atoms with van der Waals surface area (Å²) in [7, 11) is 0. The highest BCUT2D eigenvalue weighted by molar-refractivity contribution is 6.22. The third-order valence-electron chi connectivity index (χ3n) is 10.9. The molecule has 54 heavy (non-hydrogen) atoms. The maximum Gasteiger partial charge on any atom is -0.00201 e. The Morgan fingerprint density at radius 1 is 0.185 bits per heavy atom. The summed E-state index contributed by atoms with van der Waals surface area (Å²) in [5.41, 5.74) is 14.8. The van der Waals surface area contributed by atoms with Gasteiger partial charge in [0.25, 0.3) is 0 Å². The molecular formula is C54H36. The highest BCUT2D eigenvalue weighted by Crippen LogP contribution is 2.46. The van der Waals surface area contributed by atoms with Gasteiger partial charge in [-0.25, -0.2) is 0 Å². The molecule has 0 fully saturated rings. The molecule has 0 saturated heterocycles. The SMILES string of the molecule is c1ccc(-c2ccc(-c3ccccc3-c3c4ccccc4c(-c4ccc(-c5cccc(-c6cccc7ccccc67)c5)cc4)c4ccccc34)cc2)cc1. The van der Waals surface area contributed by atoms with Crippen LogP contribution in [0.2, 0.25) is 0 Å². The quantitative estimate of drug-likeness (QED) is 0.153. The normalized spacial score (nSPS) is 11.3. The maximum absolute atomic E-state index is 2.32. The predicted molar refractivity (Wildman–Crippen MR) is 232 cm³/mol. The van der Waals surface area contributed by atoms with E-state index in [1.165, 1.54) is 99.1 Å². The Bertz CT molecular complexity index is 2890. The number of benzene rings is 10. The Labute approximate surface area is 316 Å². The van der Waals surface area contributed by atoms with E-state index in [0.717, 1.165) is 0 Å². The molecule has 0 atom stereocenters. The zero-order chi connectivity index (χ0) is 35.8. The van der Waals surface area contributed by atoms with Crippen LogP contribution in [-0.4, -0.2) is 0 Å². The van der Waals surface area contributed by atoms with Crippen LogP contribution in [0.15, 0.2) is 218 Å². The van der Waals surface area contributed by atoms with E-state index >= 15 is 0 Å². The summed E-state index contributed by atoms with van der Waals surface area (Å²) in [5, 5.41) is 7.56. The zero-order valence-electron chi connectivity index (χ0n) is 29.8. The lowest BCUT2D eigenvalue weighted by Gasteiger charge is -2.20. The van der Waals surface area contributed by atoms with Crippen LogP contribution in [-0.2, 0) is 0 Å². The topological polar surface area (TPSA) is 0 Å². The Morgan fingerprint density at radius 2 is 0.593 bits per heavy atom. The van der Waals surface area contributed by atoms with Crippen LogP contribution in [0, 0.1) is 0 Å². The fourth-order valence-corrected chi connectivity index (χ4v) is 8.33. The van der Waals surface area contributed by atoms with E-state index in [1.807, 2.05) is 0 Å². The smallest absolute Gasteiger partial charge is 0.00201 e. The minimum Gasteiger partial charge on any atom is -0.0622 e. The van der Waals surface area contributed by atoms with Gasteiger partial charge in [0.2, 0.25) is 0 Å².